The topological polar surface area (TPSA) is 110 Å². The van der Waals surface area contributed by atoms with Crippen molar-refractivity contribution in [2.45, 2.75) is 29.8 Å². The molecule has 0 aromatic heterocycles. The van der Waals surface area contributed by atoms with E-state index in [2.05, 4.69) is 21.8 Å². The lowest BCUT2D eigenvalue weighted by Crippen LogP contribution is -2.66. The molecule has 3 amide bonds. The van der Waals surface area contributed by atoms with Crippen molar-refractivity contribution in [3.8, 4) is 6.19 Å². The summed E-state index contributed by atoms with van der Waals surface area (Å²) in [7, 11) is 2.90. The summed E-state index contributed by atoms with van der Waals surface area (Å²) in [5.74, 6) is 0. The predicted molar refractivity (Wildman–Crippen MR) is 83.8 cm³/mol. The van der Waals surface area contributed by atoms with Crippen molar-refractivity contribution in [2.24, 2.45) is 4.99 Å². The van der Waals surface area contributed by atoms with Crippen LogP contribution in [0.4, 0.5) is 9.59 Å². The van der Waals surface area contributed by atoms with Crippen molar-refractivity contribution in [3.05, 3.63) is 0 Å². The van der Waals surface area contributed by atoms with Crippen LogP contribution in [0.5, 0.6) is 0 Å². The molecular weight excluding hydrogens is 320 g/mol. The van der Waals surface area contributed by atoms with Crippen LogP contribution in [-0.4, -0.2) is 77.7 Å². The molecule has 2 fully saturated rings. The first-order chi connectivity index (χ1) is 11.1. The first-order valence-corrected chi connectivity index (χ1v) is 8.19. The van der Waals surface area contributed by atoms with Crippen molar-refractivity contribution in [1.82, 2.24) is 20.4 Å². The number of ether oxygens (including phenoxy) is 1. The third kappa shape index (κ3) is 2.76. The van der Waals surface area contributed by atoms with Gasteiger partial charge in [-0.25, -0.2) is 9.59 Å². The number of carbonyl (C=O) groups is 2. The van der Waals surface area contributed by atoms with Crippen LogP contribution in [0.15, 0.2) is 4.99 Å². The van der Waals surface area contributed by atoms with Crippen molar-refractivity contribution < 1.29 is 14.3 Å². The zero-order valence-corrected chi connectivity index (χ0v) is 13.7. The summed E-state index contributed by atoms with van der Waals surface area (Å²) in [5.41, 5.74) is 0. The molecule has 4 atom stereocenters. The van der Waals surface area contributed by atoms with Crippen LogP contribution in [0.3, 0.4) is 0 Å². The van der Waals surface area contributed by atoms with E-state index in [1.807, 2.05) is 0 Å². The van der Waals surface area contributed by atoms with Gasteiger partial charge in [0.2, 0.25) is 0 Å². The van der Waals surface area contributed by atoms with Crippen molar-refractivity contribution in [1.29, 1.82) is 5.26 Å². The maximum absolute atomic E-state index is 11.8. The Morgan fingerprint density at radius 2 is 2.26 bits per heavy atom. The van der Waals surface area contributed by atoms with Gasteiger partial charge in [0.15, 0.2) is 11.4 Å². The van der Waals surface area contributed by atoms with Crippen molar-refractivity contribution >= 4 is 29.1 Å². The van der Waals surface area contributed by atoms with Crippen LogP contribution in [-0.2, 0) is 4.74 Å². The van der Waals surface area contributed by atoms with Crippen LogP contribution in [0.2, 0.25) is 0 Å². The molecule has 2 N–H and O–H groups in total. The van der Waals surface area contributed by atoms with E-state index in [1.54, 1.807) is 16.8 Å². The number of amides is 3. The van der Waals surface area contributed by atoms with Gasteiger partial charge in [0.05, 0.1) is 30.5 Å². The molecule has 3 aliphatic heterocycles. The highest BCUT2D eigenvalue weighted by molar-refractivity contribution is 8.14. The molecule has 2 saturated heterocycles. The molecule has 0 aromatic rings. The number of piperazine rings is 1. The number of rotatable bonds is 0. The van der Waals surface area contributed by atoms with Crippen LogP contribution in [0, 0.1) is 11.5 Å². The number of nitrogens with zero attached hydrogens (tertiary/aromatic N) is 4. The van der Waals surface area contributed by atoms with Gasteiger partial charge in [-0.1, -0.05) is 11.8 Å². The Bertz CT molecular complexity index is 591. The molecule has 3 rings (SSSR count). The molecule has 124 valence electrons. The maximum Gasteiger partial charge on any atom is 0.409 e. The first kappa shape index (κ1) is 15.7. The van der Waals surface area contributed by atoms with Crippen molar-refractivity contribution in [3.63, 3.8) is 0 Å². The Labute approximate surface area is 138 Å². The number of aliphatic imine (C=N–C) groups is 1. The molecule has 0 aliphatic carbocycles. The number of thioether (sulfide) groups is 1. The van der Waals surface area contributed by atoms with Crippen LogP contribution < -0.4 is 10.6 Å². The molecule has 0 radical (unpaired) electrons. The Hall–Kier alpha value is -2.15. The minimum atomic E-state index is -0.372. The van der Waals surface area contributed by atoms with Gasteiger partial charge in [0, 0.05) is 20.1 Å². The number of urea groups is 1. The highest BCUT2D eigenvalue weighted by atomic mass is 32.2. The SMILES string of the molecule is CNC(=O)NC1=NC2CC3CN(C(=O)OC)CC(C2S1)N3C#N. The standard InChI is InChI=1S/C13H18N6O3S/c1-15-11(20)17-12-16-8-3-7-4-18(13(21)22-2)5-9(10(8)23-12)19(7)6-14/h7-10H,3-5H2,1-2H3,(H2,15,16,17,20). The predicted octanol–water partition coefficient (Wildman–Crippen LogP) is -0.239. The summed E-state index contributed by atoms with van der Waals surface area (Å²) in [4.78, 5) is 31.3. The molecule has 3 heterocycles. The summed E-state index contributed by atoms with van der Waals surface area (Å²) in [6.45, 7) is 0.881. The van der Waals surface area contributed by atoms with E-state index >= 15 is 0 Å². The van der Waals surface area contributed by atoms with Gasteiger partial charge in [0.25, 0.3) is 0 Å². The molecule has 0 spiro atoms. The smallest absolute Gasteiger partial charge is 0.409 e. The lowest BCUT2D eigenvalue weighted by molar-refractivity contribution is 0.0265. The molecule has 10 heteroatoms. The number of nitriles is 1. The quantitative estimate of drug-likeness (QED) is 0.590. The van der Waals surface area contributed by atoms with Gasteiger partial charge in [-0.05, 0) is 6.42 Å². The Morgan fingerprint density at radius 3 is 2.91 bits per heavy atom. The fourth-order valence-corrected chi connectivity index (χ4v) is 4.68. The van der Waals surface area contributed by atoms with Gasteiger partial charge < -0.3 is 15.0 Å². The number of likely N-dealkylation sites (tertiary alicyclic amines) is 1. The van der Waals surface area contributed by atoms with Gasteiger partial charge in [-0.15, -0.1) is 0 Å². The lowest BCUT2D eigenvalue weighted by atomic mass is 9.88. The van der Waals surface area contributed by atoms with Gasteiger partial charge in [-0.2, -0.15) is 5.26 Å². The third-order valence-electron chi connectivity index (χ3n) is 4.39. The fraction of sp³-hybridized carbons (Fsp3) is 0.692. The molecule has 3 aliphatic rings. The highest BCUT2D eigenvalue weighted by Gasteiger charge is 2.51. The summed E-state index contributed by atoms with van der Waals surface area (Å²) in [6, 6.07) is -0.463. The summed E-state index contributed by atoms with van der Waals surface area (Å²) < 4.78 is 4.81. The highest BCUT2D eigenvalue weighted by Crippen LogP contribution is 2.40. The second-order valence-corrected chi connectivity index (χ2v) is 6.79. The fourth-order valence-electron chi connectivity index (χ4n) is 3.37. The monoisotopic (exact) mass is 338 g/mol. The molecule has 23 heavy (non-hydrogen) atoms. The third-order valence-corrected chi connectivity index (χ3v) is 5.72. The van der Waals surface area contributed by atoms with E-state index < -0.39 is 0 Å². The van der Waals surface area contributed by atoms with E-state index in [0.29, 0.717) is 24.7 Å². The number of methoxy groups -OCH3 is 1. The average Bonchev–Trinajstić information content (AvgIpc) is 2.94. The van der Waals surface area contributed by atoms with Gasteiger partial charge >= 0.3 is 12.1 Å². The minimum Gasteiger partial charge on any atom is -0.453 e. The zero-order chi connectivity index (χ0) is 16.6. The Morgan fingerprint density at radius 1 is 1.48 bits per heavy atom. The number of amidine groups is 1. The van der Waals surface area contributed by atoms with Gasteiger partial charge in [0.1, 0.15) is 0 Å². The number of hydrogen-bond acceptors (Lipinski definition) is 7. The van der Waals surface area contributed by atoms with Crippen LogP contribution in [0.1, 0.15) is 6.42 Å². The summed E-state index contributed by atoms with van der Waals surface area (Å²) in [5, 5.41) is 15.3. The number of fused-ring (bicyclic) bond motifs is 4. The zero-order valence-electron chi connectivity index (χ0n) is 12.9. The minimum absolute atomic E-state index is 0.0329. The van der Waals surface area contributed by atoms with E-state index in [4.69, 9.17) is 4.74 Å². The van der Waals surface area contributed by atoms with Gasteiger partial charge in [-0.3, -0.25) is 15.2 Å². The number of piperidine rings is 1. The molecular formula is C13H18N6O3S. The summed E-state index contributed by atoms with van der Waals surface area (Å²) >= 11 is 1.45. The second kappa shape index (κ2) is 6.16. The number of nitrogens with one attached hydrogen (secondary N) is 2. The molecule has 4 unspecified atom stereocenters. The van der Waals surface area contributed by atoms with E-state index in [1.165, 1.54) is 18.9 Å². The van der Waals surface area contributed by atoms with Crippen LogP contribution in [0.25, 0.3) is 0 Å². The second-order valence-electron chi connectivity index (χ2n) is 5.63. The normalized spacial score (nSPS) is 31.6. The van der Waals surface area contributed by atoms with E-state index in [-0.39, 0.29) is 35.5 Å². The maximum atomic E-state index is 11.8. The number of carbonyl (C=O) groups excluding carboxylic acids is 2. The van der Waals surface area contributed by atoms with E-state index in [9.17, 15) is 14.9 Å². The van der Waals surface area contributed by atoms with Crippen LogP contribution >= 0.6 is 11.8 Å². The molecule has 0 saturated carbocycles. The Balaban J connectivity index is 1.77. The average molecular weight is 338 g/mol. The lowest BCUT2D eigenvalue weighted by Gasteiger charge is -2.50. The molecule has 2 bridgehead atoms. The molecule has 9 nitrogen and oxygen atoms in total. The largest absolute Gasteiger partial charge is 0.453 e. The summed E-state index contributed by atoms with van der Waals surface area (Å²) in [6.07, 6.45) is 2.56. The molecule has 0 aromatic carbocycles. The first-order valence-electron chi connectivity index (χ1n) is 7.31. The number of hydrogen-bond donors (Lipinski definition) is 2. The van der Waals surface area contributed by atoms with E-state index in [0.717, 1.165) is 0 Å². The Kier molecular flexibility index (Phi) is 4.21. The van der Waals surface area contributed by atoms with Crippen molar-refractivity contribution in [2.75, 3.05) is 27.2 Å².